The van der Waals surface area contributed by atoms with Crippen LogP contribution in [0.4, 0.5) is 20.2 Å². The number of nitrogens with one attached hydrogen (secondary N) is 2. The third-order valence-electron chi connectivity index (χ3n) is 4.08. The molecule has 1 aromatic carbocycles. The highest BCUT2D eigenvalue weighted by molar-refractivity contribution is 5.91. The van der Waals surface area contributed by atoms with Gasteiger partial charge in [0.25, 0.3) is 5.91 Å². The third kappa shape index (κ3) is 3.63. The number of hydrogen-bond acceptors (Lipinski definition) is 6. The zero-order valence-corrected chi connectivity index (χ0v) is 14.5. The number of benzene rings is 1. The highest BCUT2D eigenvalue weighted by Crippen LogP contribution is 2.30. The molecule has 0 aliphatic carbocycles. The third-order valence-corrected chi connectivity index (χ3v) is 4.08. The molecule has 7 nitrogen and oxygen atoms in total. The number of halogens is 2. The van der Waals surface area contributed by atoms with Crippen LogP contribution in [0, 0.1) is 11.6 Å². The predicted octanol–water partition coefficient (Wildman–Crippen LogP) is 3.27. The minimum Gasteiger partial charge on any atom is -0.481 e. The standard InChI is InChI=1S/C18H16F2N4O3/c1-9(18(25)24-26)16-12(19)7-10(8-13(16)20)22-14-5-6-21-17-11(14)3-4-15(23-17)27-2/h3-9,26H,1-2H3,(H,24,25)(H,21,22,23). The Balaban J connectivity index is 1.97. The summed E-state index contributed by atoms with van der Waals surface area (Å²) in [6.45, 7) is 1.29. The van der Waals surface area contributed by atoms with Crippen LogP contribution in [0.1, 0.15) is 18.4 Å². The lowest BCUT2D eigenvalue weighted by Gasteiger charge is -2.15. The SMILES string of the molecule is COc1ccc2c(Nc3cc(F)c(C(C)C(=O)NO)c(F)c3)ccnc2n1. The Hall–Kier alpha value is -3.33. The molecule has 0 bridgehead atoms. The van der Waals surface area contributed by atoms with E-state index in [4.69, 9.17) is 9.94 Å². The Morgan fingerprint density at radius 1 is 1.22 bits per heavy atom. The van der Waals surface area contributed by atoms with Gasteiger partial charge in [-0.2, -0.15) is 4.98 Å². The molecule has 1 unspecified atom stereocenters. The lowest BCUT2D eigenvalue weighted by atomic mass is 9.98. The normalized spacial score (nSPS) is 11.9. The van der Waals surface area contributed by atoms with E-state index in [1.807, 2.05) is 0 Å². The van der Waals surface area contributed by atoms with Gasteiger partial charge in [0, 0.05) is 28.9 Å². The summed E-state index contributed by atoms with van der Waals surface area (Å²) in [7, 11) is 1.49. The summed E-state index contributed by atoms with van der Waals surface area (Å²) >= 11 is 0. The van der Waals surface area contributed by atoms with Crippen molar-refractivity contribution in [2.24, 2.45) is 0 Å². The highest BCUT2D eigenvalue weighted by Gasteiger charge is 2.23. The number of rotatable bonds is 5. The first-order valence-corrected chi connectivity index (χ1v) is 7.94. The van der Waals surface area contributed by atoms with Crippen LogP contribution < -0.4 is 15.5 Å². The van der Waals surface area contributed by atoms with Gasteiger partial charge in [0.15, 0.2) is 5.65 Å². The molecule has 1 atom stereocenters. The number of carbonyl (C=O) groups is 1. The van der Waals surface area contributed by atoms with Crippen LogP contribution in [0.25, 0.3) is 11.0 Å². The van der Waals surface area contributed by atoms with Crippen molar-refractivity contribution in [3.63, 3.8) is 0 Å². The maximum atomic E-state index is 14.4. The number of fused-ring (bicyclic) bond motifs is 1. The van der Waals surface area contributed by atoms with E-state index < -0.39 is 29.0 Å². The van der Waals surface area contributed by atoms with Gasteiger partial charge in [-0.15, -0.1) is 0 Å². The Kier molecular flexibility index (Phi) is 5.13. The molecule has 3 aromatic rings. The minimum atomic E-state index is -1.19. The van der Waals surface area contributed by atoms with Crippen LogP contribution >= 0.6 is 0 Å². The maximum Gasteiger partial charge on any atom is 0.250 e. The van der Waals surface area contributed by atoms with Crippen LogP contribution in [0.2, 0.25) is 0 Å². The van der Waals surface area contributed by atoms with Gasteiger partial charge in [-0.25, -0.2) is 19.2 Å². The van der Waals surface area contributed by atoms with E-state index in [9.17, 15) is 13.6 Å². The van der Waals surface area contributed by atoms with E-state index in [1.54, 1.807) is 18.2 Å². The largest absolute Gasteiger partial charge is 0.481 e. The van der Waals surface area contributed by atoms with Crippen LogP contribution in [-0.4, -0.2) is 28.2 Å². The Morgan fingerprint density at radius 3 is 2.56 bits per heavy atom. The molecule has 140 valence electrons. The summed E-state index contributed by atoms with van der Waals surface area (Å²) in [6, 6.07) is 7.16. The maximum absolute atomic E-state index is 14.4. The summed E-state index contributed by atoms with van der Waals surface area (Å²) in [5, 5.41) is 12.2. The fourth-order valence-corrected chi connectivity index (χ4v) is 2.69. The van der Waals surface area contributed by atoms with Crippen LogP contribution in [0.5, 0.6) is 5.88 Å². The van der Waals surface area contributed by atoms with E-state index in [0.29, 0.717) is 22.6 Å². The van der Waals surface area contributed by atoms with E-state index in [1.165, 1.54) is 25.7 Å². The van der Waals surface area contributed by atoms with Gasteiger partial charge in [0.1, 0.15) is 11.6 Å². The number of amides is 1. The molecular weight excluding hydrogens is 358 g/mol. The van der Waals surface area contributed by atoms with Gasteiger partial charge < -0.3 is 10.1 Å². The van der Waals surface area contributed by atoms with E-state index in [-0.39, 0.29) is 5.69 Å². The fraction of sp³-hybridized carbons (Fsp3) is 0.167. The van der Waals surface area contributed by atoms with Gasteiger partial charge in [-0.3, -0.25) is 10.0 Å². The van der Waals surface area contributed by atoms with Gasteiger partial charge >= 0.3 is 0 Å². The van der Waals surface area contributed by atoms with Crippen molar-refractivity contribution in [1.82, 2.24) is 15.4 Å². The van der Waals surface area contributed by atoms with Crippen LogP contribution in [0.3, 0.4) is 0 Å². The van der Waals surface area contributed by atoms with Crippen molar-refractivity contribution in [3.8, 4) is 5.88 Å². The molecule has 0 fully saturated rings. The number of anilines is 2. The van der Waals surface area contributed by atoms with Crippen molar-refractivity contribution in [2.45, 2.75) is 12.8 Å². The van der Waals surface area contributed by atoms with E-state index in [0.717, 1.165) is 12.1 Å². The zero-order chi connectivity index (χ0) is 19.6. The zero-order valence-electron chi connectivity index (χ0n) is 14.5. The Labute approximate surface area is 153 Å². The molecule has 2 heterocycles. The number of pyridine rings is 2. The van der Waals surface area contributed by atoms with Crippen molar-refractivity contribution >= 4 is 28.3 Å². The van der Waals surface area contributed by atoms with Gasteiger partial charge in [0.05, 0.1) is 18.7 Å². The first-order chi connectivity index (χ1) is 12.9. The van der Waals surface area contributed by atoms with Crippen molar-refractivity contribution in [3.05, 3.63) is 53.7 Å². The second-order valence-corrected chi connectivity index (χ2v) is 5.76. The lowest BCUT2D eigenvalue weighted by molar-refractivity contribution is -0.130. The summed E-state index contributed by atoms with van der Waals surface area (Å²) in [5.41, 5.74) is 2.06. The molecule has 3 N–H and O–H groups in total. The van der Waals surface area contributed by atoms with Gasteiger partial charge in [-0.05, 0) is 31.2 Å². The second kappa shape index (κ2) is 7.50. The minimum absolute atomic E-state index is 0.147. The van der Waals surface area contributed by atoms with E-state index >= 15 is 0 Å². The average molecular weight is 374 g/mol. The smallest absolute Gasteiger partial charge is 0.250 e. The number of methoxy groups -OCH3 is 1. The van der Waals surface area contributed by atoms with Crippen molar-refractivity contribution in [1.29, 1.82) is 0 Å². The summed E-state index contributed by atoms with van der Waals surface area (Å²) < 4.78 is 33.8. The van der Waals surface area contributed by atoms with Crippen LogP contribution in [0.15, 0.2) is 36.5 Å². The topological polar surface area (TPSA) is 96.4 Å². The highest BCUT2D eigenvalue weighted by atomic mass is 19.1. The predicted molar refractivity (Wildman–Crippen MR) is 94.1 cm³/mol. The number of aromatic nitrogens is 2. The first kappa shape index (κ1) is 18.5. The molecule has 0 saturated carbocycles. The first-order valence-electron chi connectivity index (χ1n) is 7.94. The number of ether oxygens (including phenoxy) is 1. The lowest BCUT2D eigenvalue weighted by Crippen LogP contribution is -2.25. The Bertz CT molecular complexity index is 990. The fourth-order valence-electron chi connectivity index (χ4n) is 2.69. The molecule has 3 rings (SSSR count). The Morgan fingerprint density at radius 2 is 1.93 bits per heavy atom. The number of nitrogens with zero attached hydrogens (tertiary/aromatic N) is 2. The average Bonchev–Trinajstić information content (AvgIpc) is 2.66. The molecule has 0 aliphatic heterocycles. The van der Waals surface area contributed by atoms with Crippen molar-refractivity contribution < 1.29 is 23.5 Å². The number of hydrogen-bond donors (Lipinski definition) is 3. The van der Waals surface area contributed by atoms with E-state index in [2.05, 4.69) is 15.3 Å². The monoisotopic (exact) mass is 374 g/mol. The second-order valence-electron chi connectivity index (χ2n) is 5.76. The molecule has 27 heavy (non-hydrogen) atoms. The molecule has 0 aliphatic rings. The molecule has 2 aromatic heterocycles. The molecule has 1 amide bonds. The van der Waals surface area contributed by atoms with Gasteiger partial charge in [0.2, 0.25) is 5.88 Å². The summed E-state index contributed by atoms with van der Waals surface area (Å²) in [6.07, 6.45) is 1.51. The molecule has 0 saturated heterocycles. The number of hydroxylamine groups is 1. The summed E-state index contributed by atoms with van der Waals surface area (Å²) in [4.78, 5) is 19.8. The van der Waals surface area contributed by atoms with Gasteiger partial charge in [-0.1, -0.05) is 0 Å². The van der Waals surface area contributed by atoms with Crippen LogP contribution in [-0.2, 0) is 4.79 Å². The molecule has 9 heteroatoms. The molecule has 0 spiro atoms. The quantitative estimate of drug-likeness (QED) is 0.469. The molecule has 0 radical (unpaired) electrons. The van der Waals surface area contributed by atoms with Crippen molar-refractivity contribution in [2.75, 3.05) is 12.4 Å². The molecular formula is C18H16F2N4O3. The summed E-state index contributed by atoms with van der Waals surface area (Å²) in [5.74, 6) is -3.53. The number of carbonyl (C=O) groups excluding carboxylic acids is 1.